The normalized spacial score (nSPS) is 12.6. The standard InChI is InChI=1S/C61H41N/c1-3-19-42(20-4-1)43-35-37-45(38-36-43)62(60-34-18-14-30-54(60)50-26-10-9-25-49(50)48-24-8-7-23-47(48)44-21-5-2-6-22-44)46-39-40-59-55(41-46)53-29-13-17-33-58(53)61(59)56-31-15-11-27-51(56)52-28-12-16-32-57(52)61/h1-41H. The molecule has 10 aromatic carbocycles. The minimum absolute atomic E-state index is 0.400. The SMILES string of the molecule is c1ccc(-c2ccc(N(c3ccc4c(c3)-c3ccccc3C43c4ccccc4-c4ccccc43)c3ccccc3-c3ccccc3-c3ccccc3-c3ccccc3)cc2)cc1. The quantitative estimate of drug-likeness (QED) is 0.155. The summed E-state index contributed by atoms with van der Waals surface area (Å²) in [5.74, 6) is 0. The Balaban J connectivity index is 1.08. The van der Waals surface area contributed by atoms with Crippen molar-refractivity contribution in [3.05, 3.63) is 271 Å². The van der Waals surface area contributed by atoms with Crippen LogP contribution in [0, 0.1) is 0 Å². The molecular weight excluding hydrogens is 747 g/mol. The maximum atomic E-state index is 2.47. The number of anilines is 3. The first-order chi connectivity index (χ1) is 30.8. The molecule has 290 valence electrons. The van der Waals surface area contributed by atoms with E-state index in [1.165, 1.54) is 83.5 Å². The van der Waals surface area contributed by atoms with Crippen LogP contribution in [0.1, 0.15) is 22.3 Å². The molecule has 0 aromatic heterocycles. The van der Waals surface area contributed by atoms with E-state index in [0.29, 0.717) is 0 Å². The number of hydrogen-bond donors (Lipinski definition) is 0. The number of hydrogen-bond acceptors (Lipinski definition) is 1. The molecule has 0 amide bonds. The summed E-state index contributed by atoms with van der Waals surface area (Å²) >= 11 is 0. The average Bonchev–Trinajstić information content (AvgIpc) is 3.82. The lowest BCUT2D eigenvalue weighted by Crippen LogP contribution is -2.25. The summed E-state index contributed by atoms with van der Waals surface area (Å²) in [5.41, 5.74) is 23.0. The molecule has 1 nitrogen and oxygen atoms in total. The molecule has 2 aliphatic carbocycles. The van der Waals surface area contributed by atoms with Crippen LogP contribution in [-0.4, -0.2) is 0 Å². The van der Waals surface area contributed by atoms with Crippen LogP contribution < -0.4 is 4.90 Å². The Morgan fingerprint density at radius 3 is 1.18 bits per heavy atom. The van der Waals surface area contributed by atoms with Gasteiger partial charge in [0.05, 0.1) is 11.1 Å². The fourth-order valence-corrected chi connectivity index (χ4v) is 10.5. The molecular formula is C61H41N. The van der Waals surface area contributed by atoms with Crippen LogP contribution in [0.25, 0.3) is 66.8 Å². The van der Waals surface area contributed by atoms with Gasteiger partial charge in [-0.15, -0.1) is 0 Å². The molecule has 0 fully saturated rings. The van der Waals surface area contributed by atoms with E-state index < -0.39 is 5.41 Å². The summed E-state index contributed by atoms with van der Waals surface area (Å²) in [6.07, 6.45) is 0. The molecule has 0 bridgehead atoms. The van der Waals surface area contributed by atoms with Gasteiger partial charge in [-0.05, 0) is 114 Å². The summed E-state index contributed by atoms with van der Waals surface area (Å²) < 4.78 is 0. The molecule has 10 aromatic rings. The maximum Gasteiger partial charge on any atom is 0.0725 e. The van der Waals surface area contributed by atoms with Gasteiger partial charge in [-0.2, -0.15) is 0 Å². The largest absolute Gasteiger partial charge is 0.310 e. The summed E-state index contributed by atoms with van der Waals surface area (Å²) in [6.45, 7) is 0. The number of para-hydroxylation sites is 1. The van der Waals surface area contributed by atoms with Crippen molar-refractivity contribution in [3.63, 3.8) is 0 Å². The van der Waals surface area contributed by atoms with Crippen molar-refractivity contribution in [2.45, 2.75) is 5.41 Å². The van der Waals surface area contributed by atoms with Crippen molar-refractivity contribution in [2.75, 3.05) is 4.90 Å². The van der Waals surface area contributed by atoms with Crippen molar-refractivity contribution in [1.29, 1.82) is 0 Å². The van der Waals surface area contributed by atoms with Crippen LogP contribution in [0.2, 0.25) is 0 Å². The Hall–Kier alpha value is -8.00. The van der Waals surface area contributed by atoms with Crippen molar-refractivity contribution < 1.29 is 0 Å². The maximum absolute atomic E-state index is 2.47. The van der Waals surface area contributed by atoms with Crippen molar-refractivity contribution in [1.82, 2.24) is 0 Å². The molecule has 0 unspecified atom stereocenters. The second kappa shape index (κ2) is 14.6. The molecule has 12 rings (SSSR count). The van der Waals surface area contributed by atoms with E-state index in [1.807, 2.05) is 0 Å². The van der Waals surface area contributed by atoms with E-state index in [4.69, 9.17) is 0 Å². The Kier molecular flexibility index (Phi) is 8.47. The zero-order valence-electron chi connectivity index (χ0n) is 34.1. The molecule has 0 aliphatic heterocycles. The molecule has 0 atom stereocenters. The van der Waals surface area contributed by atoms with E-state index >= 15 is 0 Å². The topological polar surface area (TPSA) is 3.24 Å². The van der Waals surface area contributed by atoms with Gasteiger partial charge in [-0.25, -0.2) is 0 Å². The van der Waals surface area contributed by atoms with E-state index in [1.54, 1.807) is 0 Å². The van der Waals surface area contributed by atoms with Crippen LogP contribution in [0.5, 0.6) is 0 Å². The molecule has 1 spiro atoms. The van der Waals surface area contributed by atoms with Crippen molar-refractivity contribution >= 4 is 17.1 Å². The van der Waals surface area contributed by atoms with Crippen LogP contribution in [0.15, 0.2) is 249 Å². The smallest absolute Gasteiger partial charge is 0.0725 e. The predicted octanol–water partition coefficient (Wildman–Crippen LogP) is 16.2. The minimum Gasteiger partial charge on any atom is -0.310 e. The number of nitrogens with zero attached hydrogens (tertiary/aromatic N) is 1. The molecule has 2 aliphatic rings. The van der Waals surface area contributed by atoms with Gasteiger partial charge in [0, 0.05) is 16.9 Å². The first kappa shape index (κ1) is 35.9. The van der Waals surface area contributed by atoms with E-state index in [0.717, 1.165) is 22.6 Å². The molecule has 62 heavy (non-hydrogen) atoms. The summed E-state index contributed by atoms with van der Waals surface area (Å²) in [4.78, 5) is 2.47. The van der Waals surface area contributed by atoms with Crippen LogP contribution in [0.4, 0.5) is 17.1 Å². The molecule has 0 saturated heterocycles. The number of rotatable bonds is 7. The monoisotopic (exact) mass is 787 g/mol. The first-order valence-electron chi connectivity index (χ1n) is 21.5. The van der Waals surface area contributed by atoms with Crippen molar-refractivity contribution in [2.24, 2.45) is 0 Å². The minimum atomic E-state index is -0.400. The average molecular weight is 788 g/mol. The highest BCUT2D eigenvalue weighted by Crippen LogP contribution is 2.63. The molecule has 0 N–H and O–H groups in total. The third-order valence-corrected chi connectivity index (χ3v) is 13.1. The second-order valence-electron chi connectivity index (χ2n) is 16.3. The Labute approximate surface area is 363 Å². The van der Waals surface area contributed by atoms with Gasteiger partial charge in [0.2, 0.25) is 0 Å². The Morgan fingerprint density at radius 1 is 0.226 bits per heavy atom. The highest BCUT2D eigenvalue weighted by atomic mass is 15.1. The van der Waals surface area contributed by atoms with Gasteiger partial charge in [0.1, 0.15) is 0 Å². The lowest BCUT2D eigenvalue weighted by molar-refractivity contribution is 0.794. The van der Waals surface area contributed by atoms with E-state index in [-0.39, 0.29) is 0 Å². The van der Waals surface area contributed by atoms with Crippen LogP contribution >= 0.6 is 0 Å². The molecule has 0 radical (unpaired) electrons. The Morgan fingerprint density at radius 2 is 0.597 bits per heavy atom. The van der Waals surface area contributed by atoms with E-state index in [2.05, 4.69) is 254 Å². The third-order valence-electron chi connectivity index (χ3n) is 13.1. The van der Waals surface area contributed by atoms with Gasteiger partial charge in [0.25, 0.3) is 0 Å². The lowest BCUT2D eigenvalue weighted by atomic mass is 9.70. The van der Waals surface area contributed by atoms with Gasteiger partial charge >= 0.3 is 0 Å². The second-order valence-corrected chi connectivity index (χ2v) is 16.3. The zero-order valence-corrected chi connectivity index (χ0v) is 34.1. The van der Waals surface area contributed by atoms with E-state index in [9.17, 15) is 0 Å². The lowest BCUT2D eigenvalue weighted by Gasteiger charge is -2.31. The number of benzene rings is 10. The van der Waals surface area contributed by atoms with Crippen LogP contribution in [-0.2, 0) is 5.41 Å². The zero-order chi connectivity index (χ0) is 41.0. The summed E-state index contributed by atoms with van der Waals surface area (Å²) in [5, 5.41) is 0. The first-order valence-corrected chi connectivity index (χ1v) is 21.5. The third kappa shape index (κ3) is 5.49. The summed E-state index contributed by atoms with van der Waals surface area (Å²) in [7, 11) is 0. The highest BCUT2D eigenvalue weighted by Gasteiger charge is 2.51. The van der Waals surface area contributed by atoms with Crippen LogP contribution in [0.3, 0.4) is 0 Å². The van der Waals surface area contributed by atoms with Crippen molar-refractivity contribution in [3.8, 4) is 66.8 Å². The molecule has 0 saturated carbocycles. The highest BCUT2D eigenvalue weighted by molar-refractivity contribution is 6.00. The molecule has 0 heterocycles. The number of fused-ring (bicyclic) bond motifs is 10. The molecule has 1 heteroatoms. The van der Waals surface area contributed by atoms with Gasteiger partial charge in [-0.3, -0.25) is 0 Å². The Bertz CT molecular complexity index is 3240. The van der Waals surface area contributed by atoms with Gasteiger partial charge < -0.3 is 4.90 Å². The fourth-order valence-electron chi connectivity index (χ4n) is 10.5. The summed E-state index contributed by atoms with van der Waals surface area (Å²) in [6, 6.07) is 91.4. The van der Waals surface area contributed by atoms with Gasteiger partial charge in [-0.1, -0.05) is 218 Å². The fraction of sp³-hybridized carbons (Fsp3) is 0.0164. The predicted molar refractivity (Wildman–Crippen MR) is 259 cm³/mol. The van der Waals surface area contributed by atoms with Gasteiger partial charge in [0.15, 0.2) is 0 Å².